The fourth-order valence-electron chi connectivity index (χ4n) is 0.961. The lowest BCUT2D eigenvalue weighted by molar-refractivity contribution is -0.128. The molecule has 1 fully saturated rings. The van der Waals surface area contributed by atoms with Crippen LogP contribution in [0.5, 0.6) is 0 Å². The Morgan fingerprint density at radius 2 is 2.08 bits per heavy atom. The topological polar surface area (TPSA) is 40.6 Å². The number of amides is 3. The minimum absolute atomic E-state index is 0.329. The van der Waals surface area contributed by atoms with Crippen molar-refractivity contribution in [3.8, 4) is 0 Å². The van der Waals surface area contributed by atoms with Crippen molar-refractivity contribution in [3.05, 3.63) is 0 Å². The quantitative estimate of drug-likeness (QED) is 0.530. The molecule has 3 amide bonds. The van der Waals surface area contributed by atoms with Crippen LogP contribution >= 0.6 is 27.9 Å². The van der Waals surface area contributed by atoms with Gasteiger partial charge in [-0.2, -0.15) is 3.93 Å². The van der Waals surface area contributed by atoms with E-state index in [1.807, 2.05) is 0 Å². The molecule has 0 radical (unpaired) electrons. The van der Waals surface area contributed by atoms with Crippen LogP contribution < -0.4 is 0 Å². The summed E-state index contributed by atoms with van der Waals surface area (Å²) >= 11 is 8.49. The van der Waals surface area contributed by atoms with Crippen molar-refractivity contribution < 1.29 is 9.59 Å². The molecule has 0 aromatic rings. The molecule has 1 rings (SSSR count). The third-order valence-corrected chi connectivity index (χ3v) is 3.24. The molecule has 0 aliphatic carbocycles. The summed E-state index contributed by atoms with van der Waals surface area (Å²) in [6.07, 6.45) is 0.489. The van der Waals surface area contributed by atoms with Gasteiger partial charge in [-0.15, -0.1) is 0 Å². The lowest BCUT2D eigenvalue weighted by Crippen LogP contribution is -2.41. The Hall–Kier alpha value is -0.290. The van der Waals surface area contributed by atoms with Gasteiger partial charge in [-0.05, 0) is 13.3 Å². The molecule has 0 aromatic carbocycles. The van der Waals surface area contributed by atoms with Crippen LogP contribution in [0.1, 0.15) is 20.3 Å². The van der Waals surface area contributed by atoms with Gasteiger partial charge in [0.1, 0.15) is 5.54 Å². The summed E-state index contributed by atoms with van der Waals surface area (Å²) in [6.45, 7) is 3.42. The number of halogens is 2. The van der Waals surface area contributed by atoms with Crippen LogP contribution in [-0.2, 0) is 4.79 Å². The number of rotatable bonds is 1. The van der Waals surface area contributed by atoms with E-state index >= 15 is 0 Å². The summed E-state index contributed by atoms with van der Waals surface area (Å²) in [4.78, 5) is 22.6. The van der Waals surface area contributed by atoms with Crippen LogP contribution in [0.15, 0.2) is 0 Å². The molecule has 0 N–H and O–H groups in total. The van der Waals surface area contributed by atoms with Crippen LogP contribution in [0.2, 0.25) is 0 Å². The van der Waals surface area contributed by atoms with Gasteiger partial charge in [0.15, 0.2) is 0 Å². The number of urea groups is 1. The predicted octanol–water partition coefficient (Wildman–Crippen LogP) is 1.88. The molecular formula is C6H8BrClN2O2. The van der Waals surface area contributed by atoms with Crippen molar-refractivity contribution in [2.45, 2.75) is 25.8 Å². The minimum Gasteiger partial charge on any atom is -0.271 e. The van der Waals surface area contributed by atoms with E-state index in [1.54, 1.807) is 13.8 Å². The van der Waals surface area contributed by atoms with Crippen molar-refractivity contribution in [2.24, 2.45) is 0 Å². The maximum atomic E-state index is 11.4. The summed E-state index contributed by atoms with van der Waals surface area (Å²) in [5.74, 6) is -0.329. The van der Waals surface area contributed by atoms with Gasteiger partial charge in [0.05, 0.1) is 16.1 Å². The molecule has 1 aliphatic rings. The first-order valence-electron chi connectivity index (χ1n) is 3.45. The van der Waals surface area contributed by atoms with Crippen molar-refractivity contribution >= 4 is 39.9 Å². The van der Waals surface area contributed by atoms with Crippen LogP contribution in [0.4, 0.5) is 4.79 Å². The number of carbonyl (C=O) groups is 2. The van der Waals surface area contributed by atoms with Crippen LogP contribution in [-0.4, -0.2) is 25.8 Å². The molecule has 1 aliphatic heterocycles. The highest BCUT2D eigenvalue weighted by molar-refractivity contribution is 9.08. The Balaban J connectivity index is 3.06. The first-order valence-corrected chi connectivity index (χ1v) is 4.50. The molecule has 6 heteroatoms. The van der Waals surface area contributed by atoms with E-state index in [1.165, 1.54) is 0 Å². The Morgan fingerprint density at radius 3 is 2.25 bits per heavy atom. The van der Waals surface area contributed by atoms with Gasteiger partial charge in [0.25, 0.3) is 5.91 Å². The van der Waals surface area contributed by atoms with E-state index in [0.29, 0.717) is 6.42 Å². The normalized spacial score (nSPS) is 30.3. The Bertz CT molecular complexity index is 248. The van der Waals surface area contributed by atoms with Crippen molar-refractivity contribution in [1.82, 2.24) is 8.34 Å². The zero-order chi connectivity index (χ0) is 9.52. The fraction of sp³-hybridized carbons (Fsp3) is 0.667. The lowest BCUT2D eigenvalue weighted by Gasteiger charge is -2.23. The van der Waals surface area contributed by atoms with Crippen LogP contribution in [0.3, 0.4) is 0 Å². The summed E-state index contributed by atoms with van der Waals surface area (Å²) in [7, 11) is 0. The highest BCUT2D eigenvalue weighted by atomic mass is 79.9. The monoisotopic (exact) mass is 254 g/mol. The molecule has 0 spiro atoms. The van der Waals surface area contributed by atoms with E-state index in [0.717, 1.165) is 8.34 Å². The molecule has 12 heavy (non-hydrogen) atoms. The largest absolute Gasteiger partial charge is 0.352 e. The SMILES string of the molecule is CC[C@@]1(C)C(=O)N(Br)C(=O)N1Cl. The number of imide groups is 1. The zero-order valence-electron chi connectivity index (χ0n) is 6.67. The van der Waals surface area contributed by atoms with E-state index < -0.39 is 11.6 Å². The smallest absolute Gasteiger partial charge is 0.271 e. The molecule has 0 unspecified atom stereocenters. The molecule has 4 nitrogen and oxygen atoms in total. The second kappa shape index (κ2) is 2.88. The molecule has 0 saturated carbocycles. The third-order valence-electron chi connectivity index (χ3n) is 2.10. The van der Waals surface area contributed by atoms with Gasteiger partial charge in [-0.25, -0.2) is 9.21 Å². The first kappa shape index (κ1) is 9.80. The molecule has 1 saturated heterocycles. The average Bonchev–Trinajstić information content (AvgIpc) is 2.22. The number of hydrogen-bond donors (Lipinski definition) is 0. The Labute approximate surface area is 83.9 Å². The Morgan fingerprint density at radius 1 is 1.58 bits per heavy atom. The van der Waals surface area contributed by atoms with Gasteiger partial charge in [-0.1, -0.05) is 6.92 Å². The number of carbonyl (C=O) groups excluding carboxylic acids is 2. The molecule has 1 heterocycles. The fourth-order valence-corrected chi connectivity index (χ4v) is 1.86. The second-order valence-corrected chi connectivity index (χ2v) is 3.82. The van der Waals surface area contributed by atoms with Gasteiger partial charge < -0.3 is 0 Å². The zero-order valence-corrected chi connectivity index (χ0v) is 9.02. The predicted molar refractivity (Wildman–Crippen MR) is 47.6 cm³/mol. The van der Waals surface area contributed by atoms with Crippen molar-refractivity contribution in [1.29, 1.82) is 0 Å². The molecule has 0 aromatic heterocycles. The van der Waals surface area contributed by atoms with E-state index in [4.69, 9.17) is 11.8 Å². The second-order valence-electron chi connectivity index (χ2n) is 2.78. The first-order chi connectivity index (χ1) is 5.45. The lowest BCUT2D eigenvalue weighted by atomic mass is 10.00. The third kappa shape index (κ3) is 1.03. The summed E-state index contributed by atoms with van der Waals surface area (Å²) < 4.78 is 1.77. The summed E-state index contributed by atoms with van der Waals surface area (Å²) in [6, 6.07) is -0.536. The number of nitrogens with zero attached hydrogens (tertiary/aromatic N) is 2. The Kier molecular flexibility index (Phi) is 2.35. The van der Waals surface area contributed by atoms with Crippen LogP contribution in [0, 0.1) is 0 Å². The maximum absolute atomic E-state index is 11.4. The van der Waals surface area contributed by atoms with Gasteiger partial charge in [0.2, 0.25) is 0 Å². The summed E-state index contributed by atoms with van der Waals surface area (Å²) in [5, 5.41) is 0. The van der Waals surface area contributed by atoms with Gasteiger partial charge in [-0.3, -0.25) is 4.79 Å². The van der Waals surface area contributed by atoms with Crippen molar-refractivity contribution in [3.63, 3.8) is 0 Å². The van der Waals surface area contributed by atoms with E-state index in [2.05, 4.69) is 16.1 Å². The molecular weight excluding hydrogens is 247 g/mol. The molecule has 0 bridgehead atoms. The standard InChI is InChI=1S/C6H8BrClN2O2/c1-3-6(2)4(11)9(7)5(12)10(6)8/h3H2,1-2H3/t6-/m0/s1. The van der Waals surface area contributed by atoms with Crippen molar-refractivity contribution in [2.75, 3.05) is 0 Å². The van der Waals surface area contributed by atoms with Gasteiger partial charge >= 0.3 is 6.03 Å². The highest BCUT2D eigenvalue weighted by Crippen LogP contribution is 2.33. The molecule has 68 valence electrons. The van der Waals surface area contributed by atoms with Gasteiger partial charge in [0, 0.05) is 11.8 Å². The van der Waals surface area contributed by atoms with Crippen LogP contribution in [0.25, 0.3) is 0 Å². The molecule has 1 atom stereocenters. The highest BCUT2D eigenvalue weighted by Gasteiger charge is 2.52. The minimum atomic E-state index is -0.915. The number of hydrogen-bond acceptors (Lipinski definition) is 2. The van der Waals surface area contributed by atoms with E-state index in [-0.39, 0.29) is 5.91 Å². The maximum Gasteiger partial charge on any atom is 0.352 e. The average molecular weight is 255 g/mol. The van der Waals surface area contributed by atoms with E-state index in [9.17, 15) is 9.59 Å². The summed E-state index contributed by atoms with van der Waals surface area (Å²) in [5.41, 5.74) is -0.915.